The maximum absolute atomic E-state index is 13.6. The van der Waals surface area contributed by atoms with E-state index < -0.39 is 53.8 Å². The Hall–Kier alpha value is -3.38. The molecule has 2 aliphatic heterocycles. The van der Waals surface area contributed by atoms with Crippen molar-refractivity contribution in [1.82, 2.24) is 31.5 Å². The Kier molecular flexibility index (Phi) is 14.4. The molecule has 0 bridgehead atoms. The van der Waals surface area contributed by atoms with Crippen LogP contribution >= 0.6 is 12.4 Å². The van der Waals surface area contributed by atoms with Crippen LogP contribution in [0.5, 0.6) is 5.75 Å². The van der Waals surface area contributed by atoms with Gasteiger partial charge in [0.2, 0.25) is 29.5 Å². The van der Waals surface area contributed by atoms with Gasteiger partial charge in [0.25, 0.3) is 0 Å². The van der Waals surface area contributed by atoms with Crippen molar-refractivity contribution in [2.24, 2.45) is 11.8 Å². The van der Waals surface area contributed by atoms with Crippen LogP contribution in [-0.2, 0) is 30.4 Å². The number of hydrogen-bond donors (Lipinski definition) is 5. The van der Waals surface area contributed by atoms with E-state index >= 15 is 0 Å². The molecule has 5 atom stereocenters. The summed E-state index contributed by atoms with van der Waals surface area (Å²) in [6, 6.07) is 3.38. The third-order valence-electron chi connectivity index (χ3n) is 7.90. The van der Waals surface area contributed by atoms with Gasteiger partial charge >= 0.3 is 0 Å². The van der Waals surface area contributed by atoms with Gasteiger partial charge in [-0.05, 0) is 62.3 Å². The molecule has 5 amide bonds. The number of carbonyl (C=O) groups excluding carboxylic acids is 5. The van der Waals surface area contributed by atoms with Gasteiger partial charge in [0, 0.05) is 19.0 Å². The summed E-state index contributed by atoms with van der Waals surface area (Å²) in [5, 5.41) is 14.5. The van der Waals surface area contributed by atoms with E-state index in [4.69, 9.17) is 4.74 Å². The number of rotatable bonds is 7. The van der Waals surface area contributed by atoms with Crippen LogP contribution in [-0.4, -0.2) is 91.4 Å². The Morgan fingerprint density at radius 3 is 2.16 bits per heavy atom. The van der Waals surface area contributed by atoms with Crippen LogP contribution in [0.25, 0.3) is 0 Å². The molecule has 2 aliphatic rings. The minimum absolute atomic E-state index is 0. The second-order valence-electron chi connectivity index (χ2n) is 12.3. The van der Waals surface area contributed by atoms with Crippen LogP contribution in [0.15, 0.2) is 24.3 Å². The molecule has 0 aliphatic carbocycles. The lowest BCUT2D eigenvalue weighted by Gasteiger charge is -2.32. The smallest absolute Gasteiger partial charge is 0.243 e. The molecule has 13 heteroatoms. The Bertz CT molecular complexity index is 1140. The molecular weight excluding hydrogens is 588 g/mol. The zero-order valence-corrected chi connectivity index (χ0v) is 27.4. The Balaban J connectivity index is 0.00000675. The first kappa shape index (κ1) is 36.8. The molecule has 5 N–H and O–H groups in total. The number of carbonyl (C=O) groups is 5. The number of benzene rings is 1. The first-order chi connectivity index (χ1) is 20.4. The number of nitrogens with zero attached hydrogens (tertiary/aromatic N) is 1. The summed E-state index contributed by atoms with van der Waals surface area (Å²) < 4.78 is 5.22. The van der Waals surface area contributed by atoms with Gasteiger partial charge in [-0.3, -0.25) is 24.0 Å². The Labute approximate surface area is 266 Å². The Morgan fingerprint density at radius 2 is 1.59 bits per heavy atom. The third kappa shape index (κ3) is 10.7. The quantitative estimate of drug-likeness (QED) is 0.298. The number of methoxy groups -OCH3 is 1. The molecule has 0 radical (unpaired) electrons. The standard InChI is InChI=1S/C31H48N6O6.ClH/c1-18(2)14-24-30(41)35-25(15-21-9-11-22(43-6)12-10-21)29(40)33-20(5)28(39)36-26(19(3)4)16-37(17-27(38)34-24)31(42)23-8-7-13-32-23;/h9-12,18-20,23-26,32H,7-8,13-17H2,1-6H3,(H,33,40)(H,34,38)(H,35,41)(H,36,39);1H/t20-,23-,24+,25+,26-;/m1./s1. The first-order valence-electron chi connectivity index (χ1n) is 15.2. The highest BCUT2D eigenvalue weighted by molar-refractivity contribution is 5.95. The van der Waals surface area contributed by atoms with E-state index in [0.717, 1.165) is 12.0 Å². The van der Waals surface area contributed by atoms with E-state index in [1.165, 1.54) is 4.90 Å². The normalized spacial score (nSPS) is 25.6. The van der Waals surface area contributed by atoms with Crippen LogP contribution in [0.3, 0.4) is 0 Å². The summed E-state index contributed by atoms with van der Waals surface area (Å²) in [7, 11) is 1.56. The molecule has 0 spiro atoms. The fraction of sp³-hybridized carbons (Fsp3) is 0.645. The van der Waals surface area contributed by atoms with Gasteiger partial charge in [-0.2, -0.15) is 0 Å². The molecule has 0 aromatic heterocycles. The molecule has 12 nitrogen and oxygen atoms in total. The van der Waals surface area contributed by atoms with Gasteiger partial charge in [-0.15, -0.1) is 12.4 Å². The van der Waals surface area contributed by atoms with E-state index in [0.29, 0.717) is 25.1 Å². The van der Waals surface area contributed by atoms with Gasteiger partial charge < -0.3 is 36.2 Å². The molecule has 44 heavy (non-hydrogen) atoms. The Morgan fingerprint density at radius 1 is 0.932 bits per heavy atom. The fourth-order valence-corrected chi connectivity index (χ4v) is 5.29. The summed E-state index contributed by atoms with van der Waals surface area (Å²) in [5.41, 5.74) is 0.773. The van der Waals surface area contributed by atoms with Gasteiger partial charge in [-0.25, -0.2) is 0 Å². The molecule has 3 rings (SSSR count). The maximum atomic E-state index is 13.6. The number of ether oxygens (including phenoxy) is 1. The highest BCUT2D eigenvalue weighted by atomic mass is 35.5. The summed E-state index contributed by atoms with van der Waals surface area (Å²) in [4.78, 5) is 68.7. The van der Waals surface area contributed by atoms with E-state index in [9.17, 15) is 24.0 Å². The summed E-state index contributed by atoms with van der Waals surface area (Å²) in [5.74, 6) is -1.54. The van der Waals surface area contributed by atoms with Crippen molar-refractivity contribution in [3.8, 4) is 5.75 Å². The van der Waals surface area contributed by atoms with E-state index in [1.54, 1.807) is 38.3 Å². The second-order valence-corrected chi connectivity index (χ2v) is 12.3. The second kappa shape index (κ2) is 17.2. The number of amides is 5. The summed E-state index contributed by atoms with van der Waals surface area (Å²) >= 11 is 0. The van der Waals surface area contributed by atoms with Gasteiger partial charge in [0.05, 0.1) is 19.7 Å². The van der Waals surface area contributed by atoms with E-state index in [-0.39, 0.29) is 49.7 Å². The third-order valence-corrected chi connectivity index (χ3v) is 7.90. The van der Waals surface area contributed by atoms with Gasteiger partial charge in [-0.1, -0.05) is 39.8 Å². The first-order valence-corrected chi connectivity index (χ1v) is 15.2. The zero-order valence-electron chi connectivity index (χ0n) is 26.6. The minimum atomic E-state index is -1.01. The maximum Gasteiger partial charge on any atom is 0.243 e. The number of nitrogens with one attached hydrogen (secondary N) is 5. The molecule has 0 unspecified atom stereocenters. The lowest BCUT2D eigenvalue weighted by molar-refractivity contribution is -0.139. The predicted octanol–water partition coefficient (Wildman–Crippen LogP) is 0.915. The van der Waals surface area contributed by atoms with E-state index in [2.05, 4.69) is 26.6 Å². The van der Waals surface area contributed by atoms with Crippen LogP contribution < -0.4 is 31.3 Å². The van der Waals surface area contributed by atoms with Crippen LogP contribution in [0.2, 0.25) is 0 Å². The topological polar surface area (TPSA) is 158 Å². The van der Waals surface area contributed by atoms with Crippen LogP contribution in [0.1, 0.15) is 59.4 Å². The lowest BCUT2D eigenvalue weighted by Crippen LogP contribution is -2.57. The molecule has 246 valence electrons. The van der Waals surface area contributed by atoms with Crippen molar-refractivity contribution in [2.75, 3.05) is 26.7 Å². The fourth-order valence-electron chi connectivity index (χ4n) is 5.29. The SMILES string of the molecule is COc1ccc(C[C@@H]2NC(=O)[C@H](CC(C)C)NC(=O)CN(C(=O)[C@H]3CCCN3)C[C@H](C(C)C)NC(=O)[C@@H](C)NC2=O)cc1.Cl. The van der Waals surface area contributed by atoms with Gasteiger partial charge in [0.15, 0.2) is 0 Å². The van der Waals surface area contributed by atoms with Crippen LogP contribution in [0, 0.1) is 11.8 Å². The predicted molar refractivity (Wildman–Crippen MR) is 169 cm³/mol. The average molecular weight is 637 g/mol. The highest BCUT2D eigenvalue weighted by Crippen LogP contribution is 2.15. The average Bonchev–Trinajstić information content (AvgIpc) is 3.49. The van der Waals surface area contributed by atoms with E-state index in [1.807, 2.05) is 27.7 Å². The number of hydrogen-bond acceptors (Lipinski definition) is 7. The summed E-state index contributed by atoms with van der Waals surface area (Å²) in [6.45, 7) is 9.85. The number of halogens is 1. The molecular formula is C31H49ClN6O6. The van der Waals surface area contributed by atoms with Crippen molar-refractivity contribution in [3.63, 3.8) is 0 Å². The molecule has 2 heterocycles. The monoisotopic (exact) mass is 636 g/mol. The molecule has 1 aromatic rings. The summed E-state index contributed by atoms with van der Waals surface area (Å²) in [6.07, 6.45) is 2.00. The highest BCUT2D eigenvalue weighted by Gasteiger charge is 2.34. The minimum Gasteiger partial charge on any atom is -0.497 e. The van der Waals surface area contributed by atoms with Crippen molar-refractivity contribution in [2.45, 2.75) is 90.5 Å². The molecule has 0 saturated carbocycles. The molecule has 2 fully saturated rings. The molecule has 1 aromatic carbocycles. The lowest BCUT2D eigenvalue weighted by atomic mass is 10.0. The van der Waals surface area contributed by atoms with Crippen molar-refractivity contribution >= 4 is 41.9 Å². The molecule has 2 saturated heterocycles. The van der Waals surface area contributed by atoms with Gasteiger partial charge in [0.1, 0.15) is 23.9 Å². The van der Waals surface area contributed by atoms with Crippen molar-refractivity contribution < 1.29 is 28.7 Å². The largest absolute Gasteiger partial charge is 0.497 e. The van der Waals surface area contributed by atoms with Crippen molar-refractivity contribution in [3.05, 3.63) is 29.8 Å². The zero-order chi connectivity index (χ0) is 31.7. The van der Waals surface area contributed by atoms with Crippen molar-refractivity contribution in [1.29, 1.82) is 0 Å². The van der Waals surface area contributed by atoms with Crippen LogP contribution in [0.4, 0.5) is 0 Å².